The first-order valence-electron chi connectivity index (χ1n) is 12.1. The van der Waals surface area contributed by atoms with Gasteiger partial charge in [-0.05, 0) is 49.8 Å². The van der Waals surface area contributed by atoms with E-state index in [-0.39, 0.29) is 18.0 Å². The van der Waals surface area contributed by atoms with Crippen LogP contribution in [-0.4, -0.2) is 37.2 Å². The number of cyclic esters (lactones) is 1. The quantitative estimate of drug-likeness (QED) is 0.414. The lowest BCUT2D eigenvalue weighted by Crippen LogP contribution is -2.18. The molecule has 0 bridgehead atoms. The summed E-state index contributed by atoms with van der Waals surface area (Å²) in [7, 11) is 0. The van der Waals surface area contributed by atoms with Gasteiger partial charge in [-0.2, -0.15) is 0 Å². The highest BCUT2D eigenvalue weighted by atomic mass is 16.6. The highest BCUT2D eigenvalue weighted by Gasteiger charge is 2.27. The van der Waals surface area contributed by atoms with Gasteiger partial charge in [-0.25, -0.2) is 4.79 Å². The van der Waals surface area contributed by atoms with Crippen molar-refractivity contribution in [3.63, 3.8) is 0 Å². The molecule has 0 aliphatic carbocycles. The maximum absolute atomic E-state index is 13.2. The van der Waals surface area contributed by atoms with Crippen LogP contribution in [0.1, 0.15) is 66.9 Å². The number of fused-ring (bicyclic) bond motifs is 1. The number of esters is 1. The van der Waals surface area contributed by atoms with Gasteiger partial charge in [0.05, 0.1) is 12.7 Å². The Hall–Kier alpha value is -3.12. The minimum absolute atomic E-state index is 0.0473. The number of ketones is 1. The number of allylic oxidation sites excluding steroid dienone is 1. The number of epoxide rings is 1. The van der Waals surface area contributed by atoms with Crippen LogP contribution in [0.2, 0.25) is 0 Å². The van der Waals surface area contributed by atoms with Crippen molar-refractivity contribution in [2.45, 2.75) is 64.3 Å². The molecule has 0 N–H and O–H groups in total. The van der Waals surface area contributed by atoms with E-state index in [1.165, 1.54) is 0 Å². The Kier molecular flexibility index (Phi) is 8.36. The summed E-state index contributed by atoms with van der Waals surface area (Å²) in [5.74, 6) is 0.868. The van der Waals surface area contributed by atoms with Crippen LogP contribution in [0.3, 0.4) is 0 Å². The third-order valence-electron chi connectivity index (χ3n) is 5.88. The van der Waals surface area contributed by atoms with Crippen LogP contribution in [0, 0.1) is 0 Å². The van der Waals surface area contributed by atoms with Crippen molar-refractivity contribution in [2.75, 3.05) is 13.2 Å². The van der Waals surface area contributed by atoms with Crippen molar-refractivity contribution in [3.05, 3.63) is 65.2 Å². The van der Waals surface area contributed by atoms with E-state index in [4.69, 9.17) is 18.9 Å². The molecule has 1 saturated heterocycles. The molecular weight excluding hydrogens is 432 g/mol. The van der Waals surface area contributed by atoms with Crippen molar-refractivity contribution in [1.29, 1.82) is 0 Å². The molecule has 6 heteroatoms. The molecule has 0 unspecified atom stereocenters. The lowest BCUT2D eigenvalue weighted by Gasteiger charge is -2.19. The van der Waals surface area contributed by atoms with E-state index in [2.05, 4.69) is 0 Å². The standard InChI is InChI=1S/C28H32O6/c1-20-9-8-14-23(29)13-7-3-6-12-22-15-24(31-17-21-10-4-2-5-11-21)16-26(27(22)28(30)34-20)33-19-25-18-32-25/h2,4-6,10-12,15-16,20,25H,3,7-9,13-14,17-19H2,1H3/b12-6+/t20-,25+/m0/s1. The topological polar surface area (TPSA) is 74.4 Å². The van der Waals surface area contributed by atoms with Gasteiger partial charge in [0.1, 0.15) is 42.2 Å². The molecule has 2 aromatic carbocycles. The van der Waals surface area contributed by atoms with Gasteiger partial charge in [-0.15, -0.1) is 0 Å². The van der Waals surface area contributed by atoms with Crippen LogP contribution in [0.4, 0.5) is 0 Å². The molecule has 0 aromatic heterocycles. The highest BCUT2D eigenvalue weighted by Crippen LogP contribution is 2.33. The fourth-order valence-electron chi connectivity index (χ4n) is 3.89. The summed E-state index contributed by atoms with van der Waals surface area (Å²) in [5.41, 5.74) is 2.12. The maximum Gasteiger partial charge on any atom is 0.342 e. The van der Waals surface area contributed by atoms with E-state index in [1.54, 1.807) is 6.07 Å². The summed E-state index contributed by atoms with van der Waals surface area (Å²) in [6.07, 6.45) is 7.63. The highest BCUT2D eigenvalue weighted by molar-refractivity contribution is 5.97. The Morgan fingerprint density at radius 2 is 1.82 bits per heavy atom. The molecule has 0 spiro atoms. The average Bonchev–Trinajstić information content (AvgIpc) is 3.65. The van der Waals surface area contributed by atoms with Crippen molar-refractivity contribution in [2.24, 2.45) is 0 Å². The smallest absolute Gasteiger partial charge is 0.342 e. The minimum Gasteiger partial charge on any atom is -0.490 e. The van der Waals surface area contributed by atoms with Crippen LogP contribution in [0.5, 0.6) is 11.5 Å². The molecule has 0 saturated carbocycles. The summed E-state index contributed by atoms with van der Waals surface area (Å²) < 4.78 is 23.1. The molecular formula is C28H32O6. The van der Waals surface area contributed by atoms with Gasteiger partial charge in [0.25, 0.3) is 0 Å². The predicted molar refractivity (Wildman–Crippen MR) is 129 cm³/mol. The number of Topliss-reactive ketones (excluding diaryl/α,β-unsaturated/α-hetero) is 1. The second-order valence-corrected chi connectivity index (χ2v) is 8.87. The van der Waals surface area contributed by atoms with E-state index in [0.29, 0.717) is 68.1 Å². The van der Waals surface area contributed by atoms with Crippen LogP contribution < -0.4 is 9.47 Å². The van der Waals surface area contributed by atoms with E-state index < -0.39 is 5.97 Å². The minimum atomic E-state index is -0.433. The number of carbonyl (C=O) groups excluding carboxylic acids is 2. The summed E-state index contributed by atoms with van der Waals surface area (Å²) in [6.45, 7) is 3.29. The molecule has 1 fully saturated rings. The zero-order chi connectivity index (χ0) is 23.8. The lowest BCUT2D eigenvalue weighted by molar-refractivity contribution is -0.119. The Morgan fingerprint density at radius 3 is 2.62 bits per heavy atom. The van der Waals surface area contributed by atoms with Gasteiger partial charge < -0.3 is 18.9 Å². The number of carbonyl (C=O) groups is 2. The first kappa shape index (κ1) is 24.0. The summed E-state index contributed by atoms with van der Waals surface area (Å²) in [6, 6.07) is 13.5. The molecule has 6 nitrogen and oxygen atoms in total. The maximum atomic E-state index is 13.2. The number of rotatable bonds is 6. The number of hydrogen-bond donors (Lipinski definition) is 0. The van der Waals surface area contributed by atoms with Crippen LogP contribution in [0.15, 0.2) is 48.5 Å². The number of benzene rings is 2. The number of hydrogen-bond acceptors (Lipinski definition) is 6. The molecule has 0 radical (unpaired) electrons. The van der Waals surface area contributed by atoms with Crippen molar-refractivity contribution in [3.8, 4) is 11.5 Å². The molecule has 2 aliphatic heterocycles. The first-order valence-corrected chi connectivity index (χ1v) is 12.1. The van der Waals surface area contributed by atoms with E-state index in [1.807, 2.05) is 55.5 Å². The molecule has 34 heavy (non-hydrogen) atoms. The fourth-order valence-corrected chi connectivity index (χ4v) is 3.89. The van der Waals surface area contributed by atoms with Gasteiger partial charge in [-0.1, -0.05) is 42.5 Å². The molecule has 0 amide bonds. The Bertz CT molecular complexity index is 1010. The third kappa shape index (κ3) is 7.19. The van der Waals surface area contributed by atoms with Crippen LogP contribution in [0.25, 0.3) is 6.08 Å². The Balaban J connectivity index is 1.64. The number of ether oxygens (including phenoxy) is 4. The molecule has 2 atom stereocenters. The first-order chi connectivity index (χ1) is 16.6. The fraction of sp³-hybridized carbons (Fsp3) is 0.429. The van der Waals surface area contributed by atoms with E-state index in [9.17, 15) is 9.59 Å². The zero-order valence-electron chi connectivity index (χ0n) is 19.7. The predicted octanol–water partition coefficient (Wildman–Crippen LogP) is 5.53. The third-order valence-corrected chi connectivity index (χ3v) is 5.88. The van der Waals surface area contributed by atoms with E-state index >= 15 is 0 Å². The summed E-state index contributed by atoms with van der Waals surface area (Å²) in [5, 5.41) is 0. The average molecular weight is 465 g/mol. The molecule has 2 aromatic rings. The molecule has 180 valence electrons. The summed E-state index contributed by atoms with van der Waals surface area (Å²) in [4.78, 5) is 25.3. The van der Waals surface area contributed by atoms with Crippen LogP contribution in [-0.2, 0) is 20.9 Å². The second kappa shape index (κ2) is 11.8. The van der Waals surface area contributed by atoms with Crippen molar-refractivity contribution < 1.29 is 28.5 Å². The van der Waals surface area contributed by atoms with Crippen LogP contribution >= 0.6 is 0 Å². The lowest BCUT2D eigenvalue weighted by atomic mass is 10.0. The Labute approximate surface area is 200 Å². The molecule has 2 aliphatic rings. The normalized spacial score (nSPS) is 22.1. The SMILES string of the molecule is C[C@H]1CCCC(=O)CCC/C=C/c2cc(OCc3ccccc3)cc(OC[C@H]3CO3)c2C(=O)O1. The van der Waals surface area contributed by atoms with Crippen molar-refractivity contribution in [1.82, 2.24) is 0 Å². The monoisotopic (exact) mass is 464 g/mol. The molecule has 2 heterocycles. The van der Waals surface area contributed by atoms with Gasteiger partial charge in [0.2, 0.25) is 0 Å². The van der Waals surface area contributed by atoms with Gasteiger partial charge in [0, 0.05) is 18.9 Å². The van der Waals surface area contributed by atoms with Crippen molar-refractivity contribution >= 4 is 17.8 Å². The van der Waals surface area contributed by atoms with Gasteiger partial charge in [-0.3, -0.25) is 4.79 Å². The van der Waals surface area contributed by atoms with Gasteiger partial charge in [0.15, 0.2) is 0 Å². The van der Waals surface area contributed by atoms with Gasteiger partial charge >= 0.3 is 5.97 Å². The second-order valence-electron chi connectivity index (χ2n) is 8.87. The molecule has 4 rings (SSSR count). The Morgan fingerprint density at radius 1 is 1.03 bits per heavy atom. The summed E-state index contributed by atoms with van der Waals surface area (Å²) >= 11 is 0. The largest absolute Gasteiger partial charge is 0.490 e. The zero-order valence-corrected chi connectivity index (χ0v) is 19.7. The van der Waals surface area contributed by atoms with E-state index in [0.717, 1.165) is 18.4 Å².